The van der Waals surface area contributed by atoms with Gasteiger partial charge in [-0.15, -0.1) is 0 Å². The fraction of sp³-hybridized carbons (Fsp3) is 0.333. The first-order chi connectivity index (χ1) is 12.6. The number of aliphatic carboxylic acids is 1. The number of hydrogen-bond acceptors (Lipinski definition) is 3. The highest BCUT2D eigenvalue weighted by Crippen LogP contribution is 2.24. The maximum absolute atomic E-state index is 12.8. The molecule has 0 saturated carbocycles. The van der Waals surface area contributed by atoms with E-state index in [2.05, 4.69) is 0 Å². The molecule has 0 aromatic heterocycles. The Balaban J connectivity index is 1.61. The third kappa shape index (κ3) is 4.42. The number of ether oxygens (including phenoxy) is 1. The van der Waals surface area contributed by atoms with E-state index in [-0.39, 0.29) is 11.8 Å². The smallest absolute Gasteiger partial charge is 0.306 e. The summed E-state index contributed by atoms with van der Waals surface area (Å²) < 4.78 is 5.87. The SMILES string of the molecule is O=C(O)C1CCN(C(=O)c2ccccc2OCCc2ccccc2)CC1. The second-order valence-corrected chi connectivity index (χ2v) is 6.48. The Morgan fingerprint density at radius 2 is 1.65 bits per heavy atom. The Labute approximate surface area is 153 Å². The monoisotopic (exact) mass is 353 g/mol. The summed E-state index contributed by atoms with van der Waals surface area (Å²) in [6.45, 7) is 1.43. The second-order valence-electron chi connectivity index (χ2n) is 6.48. The number of carboxylic acid groups (broad SMARTS) is 1. The van der Waals surface area contributed by atoms with Crippen molar-refractivity contribution < 1.29 is 19.4 Å². The van der Waals surface area contributed by atoms with E-state index in [0.717, 1.165) is 6.42 Å². The molecule has 1 amide bonds. The van der Waals surface area contributed by atoms with Crippen molar-refractivity contribution in [1.29, 1.82) is 0 Å². The van der Waals surface area contributed by atoms with E-state index in [1.165, 1.54) is 5.56 Å². The normalized spacial score (nSPS) is 14.8. The Hall–Kier alpha value is -2.82. The molecule has 1 saturated heterocycles. The molecule has 0 aliphatic carbocycles. The number of carboxylic acids is 1. The van der Waals surface area contributed by atoms with Crippen LogP contribution in [0.5, 0.6) is 5.75 Å². The van der Waals surface area contributed by atoms with E-state index in [4.69, 9.17) is 9.84 Å². The number of rotatable bonds is 6. The van der Waals surface area contributed by atoms with Crippen LogP contribution in [0.3, 0.4) is 0 Å². The maximum Gasteiger partial charge on any atom is 0.306 e. The summed E-state index contributed by atoms with van der Waals surface area (Å²) in [5.74, 6) is -0.643. The highest BCUT2D eigenvalue weighted by atomic mass is 16.5. The summed E-state index contributed by atoms with van der Waals surface area (Å²) in [7, 11) is 0. The molecule has 1 fully saturated rings. The molecule has 3 rings (SSSR count). The Kier molecular flexibility index (Phi) is 5.89. The summed E-state index contributed by atoms with van der Waals surface area (Å²) in [6, 6.07) is 17.3. The molecule has 1 heterocycles. The van der Waals surface area contributed by atoms with Crippen LogP contribution < -0.4 is 4.74 Å². The first kappa shape index (κ1) is 18.0. The molecule has 1 aliphatic heterocycles. The number of piperidine rings is 1. The van der Waals surface area contributed by atoms with Gasteiger partial charge in [-0.25, -0.2) is 0 Å². The van der Waals surface area contributed by atoms with Crippen molar-refractivity contribution in [3.8, 4) is 5.75 Å². The molecule has 0 bridgehead atoms. The van der Waals surface area contributed by atoms with Gasteiger partial charge in [-0.2, -0.15) is 0 Å². The second kappa shape index (κ2) is 8.52. The Morgan fingerprint density at radius 3 is 2.35 bits per heavy atom. The van der Waals surface area contributed by atoms with Gasteiger partial charge in [0.2, 0.25) is 0 Å². The quantitative estimate of drug-likeness (QED) is 0.866. The summed E-state index contributed by atoms with van der Waals surface area (Å²) >= 11 is 0. The predicted octanol–water partition coefficient (Wildman–Crippen LogP) is 3.24. The lowest BCUT2D eigenvalue weighted by atomic mass is 9.96. The third-order valence-corrected chi connectivity index (χ3v) is 4.74. The number of para-hydroxylation sites is 1. The van der Waals surface area contributed by atoms with Crippen LogP contribution in [-0.2, 0) is 11.2 Å². The van der Waals surface area contributed by atoms with Crippen LogP contribution in [-0.4, -0.2) is 41.6 Å². The van der Waals surface area contributed by atoms with Gasteiger partial charge in [-0.1, -0.05) is 42.5 Å². The van der Waals surface area contributed by atoms with Gasteiger partial charge in [0.1, 0.15) is 5.75 Å². The van der Waals surface area contributed by atoms with Crippen LogP contribution in [0.25, 0.3) is 0 Å². The van der Waals surface area contributed by atoms with E-state index in [1.807, 2.05) is 48.5 Å². The zero-order chi connectivity index (χ0) is 18.4. The number of carbonyl (C=O) groups excluding carboxylic acids is 1. The number of likely N-dealkylation sites (tertiary alicyclic amines) is 1. The van der Waals surface area contributed by atoms with Crippen molar-refractivity contribution in [2.75, 3.05) is 19.7 Å². The molecular formula is C21H23NO4. The van der Waals surface area contributed by atoms with Crippen LogP contribution in [0, 0.1) is 5.92 Å². The van der Waals surface area contributed by atoms with Gasteiger partial charge in [0, 0.05) is 19.5 Å². The average Bonchev–Trinajstić information content (AvgIpc) is 2.69. The first-order valence-corrected chi connectivity index (χ1v) is 8.93. The summed E-state index contributed by atoms with van der Waals surface area (Å²) in [6.07, 6.45) is 1.77. The molecule has 1 N–H and O–H groups in total. The summed E-state index contributed by atoms with van der Waals surface area (Å²) in [5.41, 5.74) is 1.72. The molecule has 136 valence electrons. The lowest BCUT2D eigenvalue weighted by Crippen LogP contribution is -2.40. The topological polar surface area (TPSA) is 66.8 Å². The molecule has 0 spiro atoms. The van der Waals surface area contributed by atoms with E-state index < -0.39 is 5.97 Å². The zero-order valence-electron chi connectivity index (χ0n) is 14.6. The van der Waals surface area contributed by atoms with Crippen molar-refractivity contribution in [3.05, 3.63) is 65.7 Å². The first-order valence-electron chi connectivity index (χ1n) is 8.93. The van der Waals surface area contributed by atoms with Crippen molar-refractivity contribution in [2.45, 2.75) is 19.3 Å². The molecule has 5 nitrogen and oxygen atoms in total. The van der Waals surface area contributed by atoms with Gasteiger partial charge in [-0.05, 0) is 30.5 Å². The lowest BCUT2D eigenvalue weighted by molar-refractivity contribution is -0.143. The van der Waals surface area contributed by atoms with Gasteiger partial charge in [0.15, 0.2) is 0 Å². The van der Waals surface area contributed by atoms with Crippen LogP contribution in [0.4, 0.5) is 0 Å². The fourth-order valence-corrected chi connectivity index (χ4v) is 3.19. The lowest BCUT2D eigenvalue weighted by Gasteiger charge is -2.30. The average molecular weight is 353 g/mol. The zero-order valence-corrected chi connectivity index (χ0v) is 14.6. The summed E-state index contributed by atoms with van der Waals surface area (Å²) in [5, 5.41) is 9.09. The minimum Gasteiger partial charge on any atom is -0.492 e. The van der Waals surface area contributed by atoms with E-state index in [0.29, 0.717) is 43.9 Å². The molecule has 0 unspecified atom stereocenters. The minimum atomic E-state index is -0.776. The molecule has 26 heavy (non-hydrogen) atoms. The van der Waals surface area contributed by atoms with Gasteiger partial charge in [-0.3, -0.25) is 9.59 Å². The molecule has 2 aromatic rings. The molecule has 2 aromatic carbocycles. The highest BCUT2D eigenvalue weighted by molar-refractivity contribution is 5.97. The van der Waals surface area contributed by atoms with Gasteiger partial charge in [0.25, 0.3) is 5.91 Å². The number of amides is 1. The predicted molar refractivity (Wildman–Crippen MR) is 98.3 cm³/mol. The fourth-order valence-electron chi connectivity index (χ4n) is 3.19. The number of hydrogen-bond donors (Lipinski definition) is 1. The molecule has 0 radical (unpaired) electrons. The number of benzene rings is 2. The van der Waals surface area contributed by atoms with Gasteiger partial charge < -0.3 is 14.7 Å². The maximum atomic E-state index is 12.8. The van der Waals surface area contributed by atoms with Crippen molar-refractivity contribution in [3.63, 3.8) is 0 Å². The van der Waals surface area contributed by atoms with E-state index in [9.17, 15) is 9.59 Å². The Morgan fingerprint density at radius 1 is 1.00 bits per heavy atom. The third-order valence-electron chi connectivity index (χ3n) is 4.74. The van der Waals surface area contributed by atoms with Gasteiger partial charge in [0.05, 0.1) is 18.1 Å². The molecule has 5 heteroatoms. The van der Waals surface area contributed by atoms with Crippen LogP contribution in [0.15, 0.2) is 54.6 Å². The molecule has 1 aliphatic rings. The number of nitrogens with zero attached hydrogens (tertiary/aromatic N) is 1. The highest BCUT2D eigenvalue weighted by Gasteiger charge is 2.28. The van der Waals surface area contributed by atoms with Crippen molar-refractivity contribution in [2.24, 2.45) is 5.92 Å². The summed E-state index contributed by atoms with van der Waals surface area (Å²) in [4.78, 5) is 25.6. The molecule has 0 atom stereocenters. The minimum absolute atomic E-state index is 0.0934. The number of carbonyl (C=O) groups is 2. The molecular weight excluding hydrogens is 330 g/mol. The van der Waals surface area contributed by atoms with E-state index in [1.54, 1.807) is 11.0 Å². The van der Waals surface area contributed by atoms with E-state index >= 15 is 0 Å². The Bertz CT molecular complexity index is 752. The van der Waals surface area contributed by atoms with Crippen LogP contribution >= 0.6 is 0 Å². The van der Waals surface area contributed by atoms with Crippen molar-refractivity contribution in [1.82, 2.24) is 4.90 Å². The van der Waals surface area contributed by atoms with Crippen molar-refractivity contribution >= 4 is 11.9 Å². The largest absolute Gasteiger partial charge is 0.492 e. The van der Waals surface area contributed by atoms with Crippen LogP contribution in [0.1, 0.15) is 28.8 Å². The van der Waals surface area contributed by atoms with Crippen LogP contribution in [0.2, 0.25) is 0 Å². The van der Waals surface area contributed by atoms with Gasteiger partial charge >= 0.3 is 5.97 Å². The standard InChI is InChI=1S/C21H23NO4/c23-20(22-13-10-17(11-14-22)21(24)25)18-8-4-5-9-19(18)26-15-12-16-6-2-1-3-7-16/h1-9,17H,10-15H2,(H,24,25).